The van der Waals surface area contributed by atoms with Crippen molar-refractivity contribution in [2.24, 2.45) is 17.8 Å². The van der Waals surface area contributed by atoms with Gasteiger partial charge in [0.05, 0.1) is 35.7 Å². The molecule has 3 unspecified atom stereocenters. The minimum absolute atomic E-state index is 0. The fraction of sp³-hybridized carbons (Fsp3) is 0.696. The maximum absolute atomic E-state index is 10.8. The molecule has 0 saturated heterocycles. The Bertz CT molecular complexity index is 585. The summed E-state index contributed by atoms with van der Waals surface area (Å²) >= 11 is 0. The molecule has 3 rings (SSSR count). The van der Waals surface area contributed by atoms with Gasteiger partial charge in [0.15, 0.2) is 0 Å². The Labute approximate surface area is 213 Å². The van der Waals surface area contributed by atoms with Crippen LogP contribution in [0.5, 0.6) is 0 Å². The van der Waals surface area contributed by atoms with Gasteiger partial charge in [-0.25, -0.2) is 0 Å². The van der Waals surface area contributed by atoms with Crippen LogP contribution in [0.1, 0.15) is 84.0 Å². The van der Waals surface area contributed by atoms with Gasteiger partial charge in [-0.2, -0.15) is 6.92 Å². The van der Waals surface area contributed by atoms with E-state index in [0.29, 0.717) is 38.5 Å². The fourth-order valence-electron chi connectivity index (χ4n) is 3.70. The summed E-state index contributed by atoms with van der Waals surface area (Å²) in [5.41, 5.74) is 0. The van der Waals surface area contributed by atoms with Crippen LogP contribution in [-0.4, -0.2) is 35.3 Å². The Hall–Kier alpha value is -1.70. The van der Waals surface area contributed by atoms with Crippen LogP contribution in [0.25, 0.3) is 0 Å². The van der Waals surface area contributed by atoms with Gasteiger partial charge in [0.2, 0.25) is 0 Å². The first kappa shape index (κ1) is 33.5. The van der Waals surface area contributed by atoms with Gasteiger partial charge < -0.3 is 36.6 Å². The Kier molecular flexibility index (Phi) is 19.0. The maximum atomic E-state index is 10.8. The van der Waals surface area contributed by atoms with E-state index in [2.05, 4.69) is 6.92 Å². The van der Waals surface area contributed by atoms with Gasteiger partial charge in [-0.1, -0.05) is 19.3 Å². The van der Waals surface area contributed by atoms with Crippen molar-refractivity contribution >= 4 is 35.3 Å². The number of carbonyl (C=O) groups is 6. The molecule has 9 nitrogen and oxygen atoms in total. The van der Waals surface area contributed by atoms with Gasteiger partial charge in [-0.15, -0.1) is 0 Å². The number of hydrogen-bond donors (Lipinski definition) is 0. The number of Topliss-reactive ketones (excluding diaryl/α,β-unsaturated/α-hetero) is 3. The first-order chi connectivity index (χ1) is 15.1. The Balaban J connectivity index is 0. The molecule has 3 atom stereocenters. The van der Waals surface area contributed by atoms with Gasteiger partial charge in [0.25, 0.3) is 0 Å². The predicted octanol–water partition coefficient (Wildman–Crippen LogP) is -0.675. The van der Waals surface area contributed by atoms with Crippen LogP contribution in [0.15, 0.2) is 0 Å². The third-order valence-electron chi connectivity index (χ3n) is 5.52. The molecular weight excluding hydrogens is 511 g/mol. The summed E-state index contributed by atoms with van der Waals surface area (Å²) in [6.07, 6.45) is 7.69. The van der Waals surface area contributed by atoms with Crippen molar-refractivity contribution in [2.75, 3.05) is 0 Å². The van der Waals surface area contributed by atoms with Crippen molar-refractivity contribution in [1.82, 2.24) is 0 Å². The standard InChI is InChI=1S/3C7H10O3.C2H5.Zr/c3*8-6-4-2-1-3-5(6)7(9)10;1-2;/h3*5H,1-4H2,(H,9,10);1H2,2H3;/q;;;-1;+4/p-3. The van der Waals surface area contributed by atoms with Gasteiger partial charge in [-0.05, 0) is 38.5 Å². The number of carbonyl (C=O) groups excluding carboxylic acids is 6. The summed E-state index contributed by atoms with van der Waals surface area (Å²) in [6.45, 7) is 5.00. The first-order valence-electron chi connectivity index (χ1n) is 11.1. The molecule has 33 heavy (non-hydrogen) atoms. The van der Waals surface area contributed by atoms with Crippen LogP contribution < -0.4 is 15.3 Å². The van der Waals surface area contributed by atoms with Gasteiger partial charge in [0, 0.05) is 19.3 Å². The van der Waals surface area contributed by atoms with E-state index in [1.807, 2.05) is 0 Å². The Morgan fingerprint density at radius 1 is 0.576 bits per heavy atom. The average molecular weight is 544 g/mol. The second-order valence-corrected chi connectivity index (χ2v) is 7.75. The minimum Gasteiger partial charge on any atom is -0.549 e. The van der Waals surface area contributed by atoms with Crippen LogP contribution in [-0.2, 0) is 55.0 Å². The molecule has 0 aromatic heterocycles. The molecule has 0 aliphatic heterocycles. The number of aliphatic carboxylic acids is 3. The fourth-order valence-corrected chi connectivity index (χ4v) is 3.70. The van der Waals surface area contributed by atoms with E-state index in [0.717, 1.165) is 38.5 Å². The first-order valence-corrected chi connectivity index (χ1v) is 11.1. The summed E-state index contributed by atoms with van der Waals surface area (Å²) in [4.78, 5) is 63.1. The molecule has 0 aromatic carbocycles. The van der Waals surface area contributed by atoms with Crippen molar-refractivity contribution < 1.29 is 70.3 Å². The van der Waals surface area contributed by atoms with E-state index in [9.17, 15) is 44.1 Å². The third-order valence-corrected chi connectivity index (χ3v) is 5.52. The molecule has 0 spiro atoms. The zero-order valence-electron chi connectivity index (χ0n) is 19.1. The molecule has 0 N–H and O–H groups in total. The summed E-state index contributed by atoms with van der Waals surface area (Å²) in [6, 6.07) is 0. The normalized spacial score (nSPS) is 24.2. The van der Waals surface area contributed by atoms with Crippen molar-refractivity contribution in [2.45, 2.75) is 84.0 Å². The summed E-state index contributed by atoms with van der Waals surface area (Å²) in [7, 11) is 0. The second-order valence-electron chi connectivity index (χ2n) is 7.75. The average Bonchev–Trinajstić information content (AvgIpc) is 2.76. The molecule has 10 heteroatoms. The van der Waals surface area contributed by atoms with Crippen molar-refractivity contribution in [3.8, 4) is 0 Å². The quantitative estimate of drug-likeness (QED) is 0.330. The SMILES string of the molecule is O=C([O-])C1CCCCC1=O.O=C([O-])C1CCCCC1=O.O=C([O-])C1CCCCC1=O.[CH2-]C.[Zr+4]. The molecule has 0 bridgehead atoms. The number of hydrogen-bond acceptors (Lipinski definition) is 9. The molecule has 182 valence electrons. The van der Waals surface area contributed by atoms with E-state index < -0.39 is 35.7 Å². The molecule has 3 fully saturated rings. The van der Waals surface area contributed by atoms with Crippen molar-refractivity contribution in [3.05, 3.63) is 6.92 Å². The maximum Gasteiger partial charge on any atom is 4.00 e. The monoisotopic (exact) mass is 542 g/mol. The van der Waals surface area contributed by atoms with E-state index >= 15 is 0 Å². The minimum atomic E-state index is -1.20. The van der Waals surface area contributed by atoms with Crippen LogP contribution in [0.2, 0.25) is 0 Å². The van der Waals surface area contributed by atoms with E-state index in [-0.39, 0.29) is 43.6 Å². The Morgan fingerprint density at radius 3 is 0.909 bits per heavy atom. The zero-order chi connectivity index (χ0) is 24.7. The molecule has 3 saturated carbocycles. The van der Waals surface area contributed by atoms with Gasteiger partial charge in [0.1, 0.15) is 17.3 Å². The summed E-state index contributed by atoms with van der Waals surface area (Å²) in [5.74, 6) is -6.53. The topological polar surface area (TPSA) is 172 Å². The predicted molar refractivity (Wildman–Crippen MR) is 107 cm³/mol. The van der Waals surface area contributed by atoms with Crippen LogP contribution in [0, 0.1) is 24.7 Å². The molecule has 3 aliphatic carbocycles. The second kappa shape index (κ2) is 18.7. The molecular formula is C23H32O9Zr. The van der Waals surface area contributed by atoms with E-state index in [4.69, 9.17) is 0 Å². The van der Waals surface area contributed by atoms with Crippen LogP contribution >= 0.6 is 0 Å². The van der Waals surface area contributed by atoms with Crippen LogP contribution in [0.4, 0.5) is 0 Å². The zero-order valence-corrected chi connectivity index (χ0v) is 21.6. The smallest absolute Gasteiger partial charge is 0.549 e. The number of ketones is 3. The van der Waals surface area contributed by atoms with Gasteiger partial charge >= 0.3 is 26.2 Å². The van der Waals surface area contributed by atoms with Crippen molar-refractivity contribution in [3.63, 3.8) is 0 Å². The van der Waals surface area contributed by atoms with E-state index in [1.54, 1.807) is 6.92 Å². The third kappa shape index (κ3) is 12.9. The molecule has 0 amide bonds. The number of rotatable bonds is 3. The van der Waals surface area contributed by atoms with Gasteiger partial charge in [-0.3, -0.25) is 14.4 Å². The van der Waals surface area contributed by atoms with Crippen LogP contribution in [0.3, 0.4) is 0 Å². The number of carboxylic acids is 3. The molecule has 0 aromatic rings. The van der Waals surface area contributed by atoms with Crippen molar-refractivity contribution in [1.29, 1.82) is 0 Å². The largest absolute Gasteiger partial charge is 4.00 e. The Morgan fingerprint density at radius 2 is 0.788 bits per heavy atom. The summed E-state index contributed by atoms with van der Waals surface area (Å²) < 4.78 is 0. The molecule has 3 aliphatic rings. The number of carboxylic acid groups (broad SMARTS) is 3. The summed E-state index contributed by atoms with van der Waals surface area (Å²) in [5, 5.41) is 30.7. The molecule has 0 heterocycles. The van der Waals surface area contributed by atoms with E-state index in [1.165, 1.54) is 0 Å². The molecule has 0 radical (unpaired) electrons.